The van der Waals surface area contributed by atoms with Gasteiger partial charge in [0, 0.05) is 0 Å². The number of nitrogen functional groups attached to an aromatic ring is 1. The second kappa shape index (κ2) is 7.52. The lowest BCUT2D eigenvalue weighted by atomic mass is 10.1. The van der Waals surface area contributed by atoms with Gasteiger partial charge in [0.1, 0.15) is 24.2 Å². The molecule has 15 nitrogen and oxygen atoms in total. The van der Waals surface area contributed by atoms with Crippen LogP contribution in [0.2, 0.25) is 0 Å². The van der Waals surface area contributed by atoms with Crippen molar-refractivity contribution >= 4 is 32.7 Å². The number of ether oxygens (including phenoxy) is 3. The van der Waals surface area contributed by atoms with Crippen LogP contribution in [0.4, 0.5) is 5.95 Å². The maximum Gasteiger partial charge on any atom is 0.363 e. The van der Waals surface area contributed by atoms with Gasteiger partial charge in [0.25, 0.3) is 5.56 Å². The summed E-state index contributed by atoms with van der Waals surface area (Å²) in [5.74, 6) is -2.73. The molecule has 2 aromatic heterocycles. The summed E-state index contributed by atoms with van der Waals surface area (Å²) in [6, 6.07) is 0. The van der Waals surface area contributed by atoms with Gasteiger partial charge in [-0.1, -0.05) is 0 Å². The van der Waals surface area contributed by atoms with E-state index in [-0.39, 0.29) is 17.1 Å². The Morgan fingerprint density at radius 1 is 1.39 bits per heavy atom. The number of nitrogens with one attached hydrogen (secondary N) is 1. The van der Waals surface area contributed by atoms with Gasteiger partial charge in [0.2, 0.25) is 5.95 Å². The first-order valence-corrected chi connectivity index (χ1v) is 12.4. The quantitative estimate of drug-likeness (QED) is 0.354. The Kier molecular flexibility index (Phi) is 5.50. The van der Waals surface area contributed by atoms with Gasteiger partial charge in [-0.3, -0.25) is 18.9 Å². The summed E-state index contributed by atoms with van der Waals surface area (Å²) < 4.78 is 35.7. The van der Waals surface area contributed by atoms with Gasteiger partial charge in [-0.25, -0.2) is 4.98 Å². The molecule has 0 amide bonds. The SMILES string of the molecule is CC1(C)O[C@@H]2[C@H](O1)[C@@H](COP(=O)(O)C[P+]([O-])([O-])[O-])O[C@H]2n1cnc2c(=O)[nH]c(N)nc21. The predicted octanol–water partition coefficient (Wildman–Crippen LogP) is -2.88. The highest BCUT2D eigenvalue weighted by atomic mass is 31.3. The van der Waals surface area contributed by atoms with Crippen molar-refractivity contribution in [2.45, 2.75) is 44.2 Å². The normalized spacial score (nSPS) is 29.9. The monoisotopic (exact) mass is 479 g/mol. The molecule has 0 spiro atoms. The largest absolute Gasteiger partial charge is 0.687 e. The molecule has 2 aliphatic rings. The highest BCUT2D eigenvalue weighted by molar-refractivity contribution is 7.71. The number of rotatable bonds is 6. The standard InChI is InChI=1S/C14H21N5O10P2/c1-14(2)28-8-6(3-26-31(24,25)5-30(21,22)23)27-12(9(8)29-14)19-4-16-7-10(19)17-13(15)18-11(7)20/h4,6,8-9,12H,3,5H2,1-2H3,(H,24,25)(H2,21,22,23)(H3,15,17,18,20)/p-2/t6-,8-,9-,12-/m1/s1. The molecule has 0 bridgehead atoms. The van der Waals surface area contributed by atoms with Crippen molar-refractivity contribution in [1.29, 1.82) is 0 Å². The summed E-state index contributed by atoms with van der Waals surface area (Å²) in [5, 5.41) is 0. The van der Waals surface area contributed by atoms with Gasteiger partial charge in [0.15, 0.2) is 23.2 Å². The van der Waals surface area contributed by atoms with Crippen LogP contribution in [-0.2, 0) is 23.3 Å². The zero-order valence-corrected chi connectivity index (χ0v) is 18.0. The molecule has 4 N–H and O–H groups in total. The van der Waals surface area contributed by atoms with Gasteiger partial charge in [0.05, 0.1) is 12.9 Å². The van der Waals surface area contributed by atoms with Crippen molar-refractivity contribution in [3.05, 3.63) is 16.7 Å². The number of aromatic amines is 1. The van der Waals surface area contributed by atoms with Crippen LogP contribution in [0.3, 0.4) is 0 Å². The van der Waals surface area contributed by atoms with Crippen molar-refractivity contribution in [3.8, 4) is 0 Å². The van der Waals surface area contributed by atoms with Gasteiger partial charge in [-0.05, 0) is 13.8 Å². The average Bonchev–Trinajstić information content (AvgIpc) is 3.22. The Bertz CT molecular complexity index is 1100. The average molecular weight is 479 g/mol. The molecule has 172 valence electrons. The third kappa shape index (κ3) is 4.66. The summed E-state index contributed by atoms with van der Waals surface area (Å²) in [6.07, 6.45) is -2.16. The van der Waals surface area contributed by atoms with E-state index in [0.29, 0.717) is 0 Å². The fraction of sp³-hybridized carbons (Fsp3) is 0.643. The van der Waals surface area contributed by atoms with Crippen molar-refractivity contribution < 1.29 is 42.9 Å². The lowest BCUT2D eigenvalue weighted by Gasteiger charge is -2.42. The smallest absolute Gasteiger partial charge is 0.363 e. The molecule has 2 fully saturated rings. The van der Waals surface area contributed by atoms with E-state index in [1.165, 1.54) is 10.9 Å². The topological polar surface area (TPSA) is 233 Å². The van der Waals surface area contributed by atoms with E-state index in [0.717, 1.165) is 0 Å². The van der Waals surface area contributed by atoms with Crippen LogP contribution < -0.4 is 26.0 Å². The molecular weight excluding hydrogens is 460 g/mol. The van der Waals surface area contributed by atoms with Crippen molar-refractivity contribution in [3.63, 3.8) is 0 Å². The molecule has 0 saturated carbocycles. The summed E-state index contributed by atoms with van der Waals surface area (Å²) >= 11 is 0. The number of nitrogens with zero attached hydrogens (tertiary/aromatic N) is 3. The van der Waals surface area contributed by atoms with E-state index < -0.39 is 63.9 Å². The highest BCUT2D eigenvalue weighted by Gasteiger charge is 2.56. The molecule has 5 atom stereocenters. The van der Waals surface area contributed by atoms with E-state index >= 15 is 0 Å². The minimum atomic E-state index is -5.28. The summed E-state index contributed by atoms with van der Waals surface area (Å²) in [5.41, 5.74) is 5.19. The molecule has 4 rings (SSSR count). The summed E-state index contributed by atoms with van der Waals surface area (Å²) in [4.78, 5) is 64.6. The fourth-order valence-electron chi connectivity index (χ4n) is 3.60. The second-order valence-electron chi connectivity index (χ2n) is 7.59. The van der Waals surface area contributed by atoms with Crippen LogP contribution in [0.1, 0.15) is 20.1 Å². The second-order valence-corrected chi connectivity index (χ2v) is 11.5. The molecule has 2 aliphatic heterocycles. The Morgan fingerprint density at radius 2 is 2.06 bits per heavy atom. The number of hydrogen-bond acceptors (Lipinski definition) is 12. The third-order valence-electron chi connectivity index (χ3n) is 4.64. The molecule has 0 aliphatic carbocycles. The van der Waals surface area contributed by atoms with Crippen LogP contribution in [0.15, 0.2) is 11.1 Å². The number of nitrogens with two attached hydrogens (primary N) is 1. The Labute approximate surface area is 174 Å². The van der Waals surface area contributed by atoms with Gasteiger partial charge >= 0.3 is 7.60 Å². The number of anilines is 1. The molecular formula is C14H19N5O10P2-2. The molecule has 1 unspecified atom stereocenters. The number of hydrogen-bond donors (Lipinski definition) is 3. The number of fused-ring (bicyclic) bond motifs is 2. The molecule has 0 aromatic carbocycles. The van der Waals surface area contributed by atoms with E-state index in [2.05, 4.69) is 15.0 Å². The maximum atomic E-state index is 12.0. The maximum absolute atomic E-state index is 12.0. The van der Waals surface area contributed by atoms with Crippen LogP contribution >= 0.6 is 15.5 Å². The molecule has 4 heterocycles. The van der Waals surface area contributed by atoms with E-state index in [1.807, 2.05) is 0 Å². The van der Waals surface area contributed by atoms with Crippen LogP contribution in [-0.4, -0.2) is 61.0 Å². The van der Waals surface area contributed by atoms with Crippen LogP contribution in [0.25, 0.3) is 11.2 Å². The molecule has 2 aromatic rings. The number of imidazole rings is 1. The lowest BCUT2D eigenvalue weighted by molar-refractivity contribution is -0.426. The minimum Gasteiger partial charge on any atom is -0.687 e. The first-order chi connectivity index (χ1) is 14.2. The van der Waals surface area contributed by atoms with E-state index in [4.69, 9.17) is 24.5 Å². The van der Waals surface area contributed by atoms with Crippen LogP contribution in [0.5, 0.6) is 0 Å². The van der Waals surface area contributed by atoms with Crippen molar-refractivity contribution in [1.82, 2.24) is 19.5 Å². The molecule has 31 heavy (non-hydrogen) atoms. The lowest BCUT2D eigenvalue weighted by Crippen LogP contribution is -2.36. The van der Waals surface area contributed by atoms with Gasteiger partial charge in [-0.15, -0.1) is 0 Å². The summed E-state index contributed by atoms with van der Waals surface area (Å²) in [6.45, 7) is 2.73. The van der Waals surface area contributed by atoms with Crippen molar-refractivity contribution in [2.75, 3.05) is 18.2 Å². The van der Waals surface area contributed by atoms with Crippen LogP contribution in [0, 0.1) is 0 Å². The first kappa shape index (κ1) is 22.7. The van der Waals surface area contributed by atoms with Gasteiger partial charge < -0.3 is 44.0 Å². The summed E-state index contributed by atoms with van der Waals surface area (Å²) in [7, 11) is -10.0. The minimum absolute atomic E-state index is 0.00808. The zero-order chi connectivity index (χ0) is 22.8. The fourth-order valence-corrected chi connectivity index (χ4v) is 6.05. The highest BCUT2D eigenvalue weighted by Crippen LogP contribution is 2.54. The first-order valence-electron chi connectivity index (χ1n) is 8.96. The molecule has 2 saturated heterocycles. The van der Waals surface area contributed by atoms with E-state index in [9.17, 15) is 28.9 Å². The predicted molar refractivity (Wildman–Crippen MR) is 97.9 cm³/mol. The zero-order valence-electron chi connectivity index (χ0n) is 16.2. The Hall–Kier alpha value is -1.51. The Morgan fingerprint density at radius 3 is 2.74 bits per heavy atom. The molecule has 0 radical (unpaired) electrons. The third-order valence-corrected chi connectivity index (χ3v) is 8.01. The molecule has 17 heteroatoms. The van der Waals surface area contributed by atoms with Crippen molar-refractivity contribution in [2.24, 2.45) is 0 Å². The van der Waals surface area contributed by atoms with Gasteiger partial charge in [-0.2, -0.15) is 12.9 Å². The number of H-pyrrole nitrogens is 1. The number of aromatic nitrogens is 4. The Balaban J connectivity index is 1.61. The van der Waals surface area contributed by atoms with E-state index in [1.54, 1.807) is 13.8 Å².